The van der Waals surface area contributed by atoms with E-state index in [0.29, 0.717) is 6.42 Å². The van der Waals surface area contributed by atoms with Gasteiger partial charge in [-0.25, -0.2) is 21.6 Å². The van der Waals surface area contributed by atoms with E-state index in [0.717, 1.165) is 5.56 Å². The summed E-state index contributed by atoms with van der Waals surface area (Å²) in [4.78, 5) is 15.0. The molecule has 196 valence electrons. The molecule has 0 spiro atoms. The topological polar surface area (TPSA) is 57.7 Å². The Balaban J connectivity index is 1.71. The van der Waals surface area contributed by atoms with Gasteiger partial charge in [0.1, 0.15) is 11.9 Å². The zero-order valence-corrected chi connectivity index (χ0v) is 21.9. The van der Waals surface area contributed by atoms with Crippen LogP contribution in [0.2, 0.25) is 0 Å². The number of benzene rings is 2. The minimum atomic E-state index is -4.20. The first-order valence-electron chi connectivity index (χ1n) is 12.2. The van der Waals surface area contributed by atoms with Crippen LogP contribution < -0.4 is 0 Å². The van der Waals surface area contributed by atoms with Crippen molar-refractivity contribution in [3.05, 3.63) is 53.8 Å². The third kappa shape index (κ3) is 5.18. The van der Waals surface area contributed by atoms with Crippen LogP contribution in [0.25, 0.3) is 11.1 Å². The number of hydrogen-bond acceptors (Lipinski definition) is 3. The summed E-state index contributed by atoms with van der Waals surface area (Å²) in [6.07, 6.45) is 0.0752. The minimum absolute atomic E-state index is 0.0614. The summed E-state index contributed by atoms with van der Waals surface area (Å²) < 4.78 is 71.4. The van der Waals surface area contributed by atoms with Crippen molar-refractivity contribution in [2.75, 3.05) is 13.6 Å². The summed E-state index contributed by atoms with van der Waals surface area (Å²) in [5, 5.41) is 0. The zero-order chi connectivity index (χ0) is 26.5. The smallest absolute Gasteiger partial charge is 0.248 e. The van der Waals surface area contributed by atoms with E-state index in [1.165, 1.54) is 33.5 Å². The van der Waals surface area contributed by atoms with Crippen LogP contribution in [0, 0.1) is 18.2 Å². The van der Waals surface area contributed by atoms with E-state index in [-0.39, 0.29) is 60.2 Å². The van der Waals surface area contributed by atoms with Gasteiger partial charge in [0.25, 0.3) is 0 Å². The van der Waals surface area contributed by atoms with Gasteiger partial charge in [-0.05, 0) is 49.8 Å². The molecule has 1 heterocycles. The first kappa shape index (κ1) is 26.7. The van der Waals surface area contributed by atoms with Crippen molar-refractivity contribution in [2.24, 2.45) is 5.41 Å². The summed E-state index contributed by atoms with van der Waals surface area (Å²) in [6.45, 7) is 5.72. The van der Waals surface area contributed by atoms with E-state index in [2.05, 4.69) is 0 Å². The van der Waals surface area contributed by atoms with Gasteiger partial charge in [0.15, 0.2) is 0 Å². The minimum Gasteiger partial charge on any atom is -0.341 e. The molecular weight excluding hydrogens is 489 g/mol. The number of aryl methyl sites for hydroxylation is 1. The Kier molecular flexibility index (Phi) is 7.03. The predicted molar refractivity (Wildman–Crippen MR) is 133 cm³/mol. The Bertz CT molecular complexity index is 1250. The molecule has 4 rings (SSSR count). The molecule has 2 fully saturated rings. The largest absolute Gasteiger partial charge is 0.341 e. The van der Waals surface area contributed by atoms with Crippen LogP contribution >= 0.6 is 0 Å². The number of carbonyl (C=O) groups is 1. The third-order valence-electron chi connectivity index (χ3n) is 7.43. The third-order valence-corrected chi connectivity index (χ3v) is 9.34. The molecule has 0 bridgehead atoms. The normalized spacial score (nSPS) is 22.5. The number of alkyl halides is 2. The molecular formula is C27H33F3N2O3S. The van der Waals surface area contributed by atoms with Crippen LogP contribution in [0.5, 0.6) is 0 Å². The second kappa shape index (κ2) is 9.49. The molecule has 2 aromatic carbocycles. The first-order chi connectivity index (χ1) is 16.7. The number of halogens is 3. The zero-order valence-electron chi connectivity index (χ0n) is 21.1. The van der Waals surface area contributed by atoms with Gasteiger partial charge >= 0.3 is 0 Å². The van der Waals surface area contributed by atoms with Crippen molar-refractivity contribution >= 4 is 15.9 Å². The first-order valence-corrected chi connectivity index (χ1v) is 13.7. The van der Waals surface area contributed by atoms with E-state index in [4.69, 9.17) is 0 Å². The molecule has 1 amide bonds. The molecule has 1 atom stereocenters. The Morgan fingerprint density at radius 3 is 2.33 bits per heavy atom. The molecule has 1 saturated carbocycles. The van der Waals surface area contributed by atoms with Gasteiger partial charge in [-0.15, -0.1) is 0 Å². The molecule has 36 heavy (non-hydrogen) atoms. The van der Waals surface area contributed by atoms with Crippen molar-refractivity contribution in [3.8, 4) is 11.1 Å². The standard InChI is InChI=1S/C27H33F3N2O3S/c1-18-9-10-24(21(15-18)20-7-5-6-8-22(20)28)36(34,35)32-17-26(2,3)16-23(32)25(33)31(4)19-11-13-27(29,30)14-12-19/h5-10,15,19,23H,11-14,16-17H2,1-4H3. The highest BCUT2D eigenvalue weighted by Crippen LogP contribution is 2.42. The fourth-order valence-corrected chi connectivity index (χ4v) is 7.36. The van der Waals surface area contributed by atoms with E-state index < -0.39 is 33.2 Å². The van der Waals surface area contributed by atoms with Gasteiger partial charge in [-0.2, -0.15) is 4.31 Å². The van der Waals surface area contributed by atoms with Gasteiger partial charge in [0.2, 0.25) is 21.9 Å². The van der Waals surface area contributed by atoms with Crippen LogP contribution in [-0.4, -0.2) is 55.1 Å². The maximum Gasteiger partial charge on any atom is 0.248 e. The Hall–Kier alpha value is -2.39. The van der Waals surface area contributed by atoms with E-state index in [1.54, 1.807) is 32.2 Å². The molecule has 2 aliphatic rings. The maximum atomic E-state index is 14.7. The number of amides is 1. The van der Waals surface area contributed by atoms with Crippen molar-refractivity contribution in [3.63, 3.8) is 0 Å². The maximum absolute atomic E-state index is 14.7. The lowest BCUT2D eigenvalue weighted by atomic mass is 9.89. The number of hydrogen-bond donors (Lipinski definition) is 0. The number of rotatable bonds is 5. The Morgan fingerprint density at radius 2 is 1.69 bits per heavy atom. The van der Waals surface area contributed by atoms with Gasteiger partial charge in [-0.1, -0.05) is 43.7 Å². The van der Waals surface area contributed by atoms with E-state index in [1.807, 2.05) is 13.8 Å². The van der Waals surface area contributed by atoms with Gasteiger partial charge in [0.05, 0.1) is 4.90 Å². The number of nitrogens with zero attached hydrogens (tertiary/aromatic N) is 2. The number of likely N-dealkylation sites (N-methyl/N-ethyl adjacent to an activating group) is 1. The second-order valence-electron chi connectivity index (χ2n) is 11.0. The Morgan fingerprint density at radius 1 is 1.06 bits per heavy atom. The summed E-state index contributed by atoms with van der Waals surface area (Å²) in [6, 6.07) is 9.43. The monoisotopic (exact) mass is 522 g/mol. The molecule has 1 saturated heterocycles. The van der Waals surface area contributed by atoms with Crippen molar-refractivity contribution < 1.29 is 26.4 Å². The highest BCUT2D eigenvalue weighted by Gasteiger charge is 2.49. The SMILES string of the molecule is Cc1ccc(S(=O)(=O)N2CC(C)(C)CC2C(=O)N(C)C2CCC(F)(F)CC2)c(-c2ccccc2F)c1. The fourth-order valence-electron chi connectivity index (χ4n) is 5.40. The lowest BCUT2D eigenvalue weighted by Crippen LogP contribution is -2.50. The van der Waals surface area contributed by atoms with Gasteiger partial charge in [-0.3, -0.25) is 4.79 Å². The number of sulfonamides is 1. The molecule has 0 radical (unpaired) electrons. The highest BCUT2D eigenvalue weighted by molar-refractivity contribution is 7.89. The van der Waals surface area contributed by atoms with Crippen LogP contribution in [0.3, 0.4) is 0 Å². The van der Waals surface area contributed by atoms with Crippen LogP contribution in [0.4, 0.5) is 13.2 Å². The highest BCUT2D eigenvalue weighted by atomic mass is 32.2. The molecule has 0 aromatic heterocycles. The van der Waals surface area contributed by atoms with Crippen molar-refractivity contribution in [2.45, 2.75) is 75.8 Å². The predicted octanol–water partition coefficient (Wildman–Crippen LogP) is 5.63. The van der Waals surface area contributed by atoms with Crippen molar-refractivity contribution in [1.29, 1.82) is 0 Å². The average Bonchev–Trinajstić information content (AvgIpc) is 3.14. The van der Waals surface area contributed by atoms with E-state index >= 15 is 0 Å². The lowest BCUT2D eigenvalue weighted by Gasteiger charge is -2.37. The van der Waals surface area contributed by atoms with Gasteiger partial charge in [0, 0.05) is 43.6 Å². The van der Waals surface area contributed by atoms with Crippen LogP contribution in [0.15, 0.2) is 47.4 Å². The molecule has 1 aliphatic carbocycles. The second-order valence-corrected chi connectivity index (χ2v) is 12.8. The Labute approximate surface area is 211 Å². The molecule has 2 aromatic rings. The molecule has 0 N–H and O–H groups in total. The lowest BCUT2D eigenvalue weighted by molar-refractivity contribution is -0.138. The van der Waals surface area contributed by atoms with E-state index in [9.17, 15) is 26.4 Å². The molecule has 1 unspecified atom stereocenters. The van der Waals surface area contributed by atoms with Gasteiger partial charge < -0.3 is 4.90 Å². The quantitative estimate of drug-likeness (QED) is 0.512. The fraction of sp³-hybridized carbons (Fsp3) is 0.519. The summed E-state index contributed by atoms with van der Waals surface area (Å²) >= 11 is 0. The van der Waals surface area contributed by atoms with Crippen LogP contribution in [0.1, 0.15) is 51.5 Å². The summed E-state index contributed by atoms with van der Waals surface area (Å²) in [5.41, 5.74) is 0.708. The van der Waals surface area contributed by atoms with Crippen molar-refractivity contribution in [1.82, 2.24) is 9.21 Å². The summed E-state index contributed by atoms with van der Waals surface area (Å²) in [7, 11) is -2.63. The molecule has 9 heteroatoms. The summed E-state index contributed by atoms with van der Waals surface area (Å²) in [5.74, 6) is -3.65. The molecule has 1 aliphatic heterocycles. The molecule has 5 nitrogen and oxygen atoms in total. The van der Waals surface area contributed by atoms with Crippen LogP contribution in [-0.2, 0) is 14.8 Å². The number of carbonyl (C=O) groups excluding carboxylic acids is 1. The average molecular weight is 523 g/mol.